The van der Waals surface area contributed by atoms with Gasteiger partial charge in [-0.1, -0.05) is 54.6 Å². The molecule has 45 heavy (non-hydrogen) atoms. The van der Waals surface area contributed by atoms with E-state index in [0.717, 1.165) is 49.0 Å². The molecule has 4 aromatic rings. The van der Waals surface area contributed by atoms with Crippen LogP contribution in [-0.4, -0.2) is 68.1 Å². The van der Waals surface area contributed by atoms with Gasteiger partial charge in [0.15, 0.2) is 12.1 Å². The van der Waals surface area contributed by atoms with Crippen molar-refractivity contribution in [1.29, 1.82) is 0 Å². The van der Waals surface area contributed by atoms with Gasteiger partial charge in [0.05, 0.1) is 37.5 Å². The van der Waals surface area contributed by atoms with E-state index in [1.54, 1.807) is 42.6 Å². The number of sulfonamides is 1. The first-order valence-electron chi connectivity index (χ1n) is 15.4. The van der Waals surface area contributed by atoms with Crippen LogP contribution in [0.5, 0.6) is 0 Å². The number of aromatic nitrogens is 1. The zero-order valence-electron chi connectivity index (χ0n) is 24.9. The molecule has 1 spiro atoms. The molecular formula is C34H37N3O7S. The predicted molar refractivity (Wildman–Crippen MR) is 168 cm³/mol. The van der Waals surface area contributed by atoms with Crippen LogP contribution in [0.2, 0.25) is 0 Å². The van der Waals surface area contributed by atoms with Crippen molar-refractivity contribution in [3.63, 3.8) is 0 Å². The van der Waals surface area contributed by atoms with Crippen LogP contribution in [0.25, 0.3) is 10.9 Å². The Morgan fingerprint density at radius 3 is 2.44 bits per heavy atom. The second kappa shape index (κ2) is 12.8. The average molecular weight is 632 g/mol. The Hall–Kier alpha value is -3.42. The Balaban J connectivity index is 1.11. The van der Waals surface area contributed by atoms with Crippen molar-refractivity contribution in [3.8, 4) is 0 Å². The van der Waals surface area contributed by atoms with Gasteiger partial charge >= 0.3 is 0 Å². The molecule has 1 aromatic heterocycles. The minimum absolute atomic E-state index is 0.0262. The van der Waals surface area contributed by atoms with Gasteiger partial charge in [-0.05, 0) is 35.4 Å². The highest BCUT2D eigenvalue weighted by atomic mass is 32.2. The number of aliphatic hydroxyl groups is 1. The highest BCUT2D eigenvalue weighted by Gasteiger charge is 2.41. The summed E-state index contributed by atoms with van der Waals surface area (Å²) in [5, 5.41) is 10.3. The molecule has 3 aromatic carbocycles. The summed E-state index contributed by atoms with van der Waals surface area (Å²) < 4.78 is 54.7. The third-order valence-corrected chi connectivity index (χ3v) is 10.2. The number of nitrogens with one attached hydrogen (secondary N) is 1. The molecule has 0 saturated carbocycles. The molecule has 3 saturated heterocycles. The highest BCUT2D eigenvalue weighted by Crippen LogP contribution is 2.40. The molecule has 236 valence electrons. The van der Waals surface area contributed by atoms with Crippen molar-refractivity contribution in [2.75, 3.05) is 37.6 Å². The molecule has 11 heteroatoms. The molecule has 0 radical (unpaired) electrons. The minimum atomic E-state index is -3.93. The van der Waals surface area contributed by atoms with Crippen LogP contribution in [0, 0.1) is 0 Å². The number of fused-ring (bicyclic) bond motifs is 1. The van der Waals surface area contributed by atoms with Crippen molar-refractivity contribution in [3.05, 3.63) is 102 Å². The number of hydrogen-bond acceptors (Lipinski definition) is 9. The lowest BCUT2D eigenvalue weighted by atomic mass is 9.98. The highest BCUT2D eigenvalue weighted by molar-refractivity contribution is 7.93. The van der Waals surface area contributed by atoms with Crippen LogP contribution in [-0.2, 0) is 35.6 Å². The number of piperidine rings is 1. The molecule has 3 fully saturated rings. The molecule has 3 atom stereocenters. The lowest BCUT2D eigenvalue weighted by molar-refractivity contribution is -0.255. The molecule has 10 nitrogen and oxygen atoms in total. The first kappa shape index (κ1) is 30.2. The number of hydrogen-bond donors (Lipinski definition) is 2. The van der Waals surface area contributed by atoms with Gasteiger partial charge in [0, 0.05) is 61.7 Å². The molecule has 2 N–H and O–H groups in total. The SMILES string of the molecule is O=S(=O)(Nc1cccc(C2OC(CN3CCC4(CC3)OCCO4)CC(c3ccc(CO)cc3)O2)c1)c1cccc2cccnc12. The van der Waals surface area contributed by atoms with Gasteiger partial charge in [-0.25, -0.2) is 8.42 Å². The molecule has 0 bridgehead atoms. The Labute approximate surface area is 262 Å². The number of aliphatic hydroxyl groups excluding tert-OH is 1. The zero-order valence-corrected chi connectivity index (χ0v) is 25.7. The summed E-state index contributed by atoms with van der Waals surface area (Å²) in [6.45, 7) is 3.69. The number of likely N-dealkylation sites (tertiary alicyclic amines) is 1. The Kier molecular flexibility index (Phi) is 8.58. The molecule has 7 rings (SSSR count). The van der Waals surface area contributed by atoms with Gasteiger partial charge < -0.3 is 29.0 Å². The molecule has 0 amide bonds. The molecule has 3 aliphatic rings. The van der Waals surface area contributed by atoms with Crippen molar-refractivity contribution in [1.82, 2.24) is 9.88 Å². The van der Waals surface area contributed by atoms with Crippen molar-refractivity contribution in [2.24, 2.45) is 0 Å². The maximum atomic E-state index is 13.5. The smallest absolute Gasteiger partial charge is 0.264 e. The summed E-state index contributed by atoms with van der Waals surface area (Å²) >= 11 is 0. The topological polar surface area (TPSA) is 119 Å². The van der Waals surface area contributed by atoms with E-state index in [4.69, 9.17) is 18.9 Å². The third kappa shape index (κ3) is 6.61. The van der Waals surface area contributed by atoms with E-state index in [2.05, 4.69) is 14.6 Å². The van der Waals surface area contributed by atoms with Gasteiger partial charge in [-0.15, -0.1) is 0 Å². The molecule has 3 aliphatic heterocycles. The monoisotopic (exact) mass is 631 g/mol. The third-order valence-electron chi connectivity index (χ3n) is 8.80. The fourth-order valence-electron chi connectivity index (χ4n) is 6.43. The van der Waals surface area contributed by atoms with E-state index < -0.39 is 22.1 Å². The number of benzene rings is 3. The van der Waals surface area contributed by atoms with E-state index in [1.807, 2.05) is 42.5 Å². The maximum Gasteiger partial charge on any atom is 0.264 e. The quantitative estimate of drug-likeness (QED) is 0.280. The fourth-order valence-corrected chi connectivity index (χ4v) is 7.66. The predicted octanol–water partition coefficient (Wildman–Crippen LogP) is 4.91. The Bertz CT molecular complexity index is 1730. The van der Waals surface area contributed by atoms with E-state index >= 15 is 0 Å². The van der Waals surface area contributed by atoms with Crippen LogP contribution in [0.15, 0.2) is 90.0 Å². The average Bonchev–Trinajstić information content (AvgIpc) is 3.53. The van der Waals surface area contributed by atoms with E-state index in [0.29, 0.717) is 36.4 Å². The first-order chi connectivity index (χ1) is 21.9. The molecular weight excluding hydrogens is 594 g/mol. The number of pyridine rings is 1. The van der Waals surface area contributed by atoms with Crippen LogP contribution < -0.4 is 4.72 Å². The largest absolute Gasteiger partial charge is 0.392 e. The molecule has 3 unspecified atom stereocenters. The summed E-state index contributed by atoms with van der Waals surface area (Å²) in [4.78, 5) is 6.81. The summed E-state index contributed by atoms with van der Waals surface area (Å²) in [7, 11) is -3.93. The lowest BCUT2D eigenvalue weighted by Crippen LogP contribution is -2.48. The summed E-state index contributed by atoms with van der Waals surface area (Å²) in [6, 6.07) is 23.6. The Morgan fingerprint density at radius 2 is 1.67 bits per heavy atom. The molecule has 0 aliphatic carbocycles. The maximum absolute atomic E-state index is 13.5. The van der Waals surface area contributed by atoms with Gasteiger partial charge in [0.1, 0.15) is 4.90 Å². The summed E-state index contributed by atoms with van der Waals surface area (Å²) in [5.41, 5.74) is 3.35. The van der Waals surface area contributed by atoms with Crippen molar-refractivity contribution < 1.29 is 32.5 Å². The second-order valence-electron chi connectivity index (χ2n) is 11.8. The number of rotatable bonds is 8. The lowest BCUT2D eigenvalue weighted by Gasteiger charge is -2.41. The Morgan fingerprint density at radius 1 is 0.911 bits per heavy atom. The number of nitrogens with zero attached hydrogens (tertiary/aromatic N) is 2. The number of ether oxygens (including phenoxy) is 4. The van der Waals surface area contributed by atoms with Crippen LogP contribution in [0.3, 0.4) is 0 Å². The van der Waals surface area contributed by atoms with Crippen LogP contribution in [0.4, 0.5) is 5.69 Å². The van der Waals surface area contributed by atoms with Crippen LogP contribution in [0.1, 0.15) is 48.3 Å². The van der Waals surface area contributed by atoms with E-state index in [-0.39, 0.29) is 23.7 Å². The van der Waals surface area contributed by atoms with E-state index in [1.165, 1.54) is 0 Å². The van der Waals surface area contributed by atoms with Crippen molar-refractivity contribution in [2.45, 2.75) is 55.0 Å². The van der Waals surface area contributed by atoms with E-state index in [9.17, 15) is 13.5 Å². The second-order valence-corrected chi connectivity index (χ2v) is 13.5. The summed E-state index contributed by atoms with van der Waals surface area (Å²) in [6.07, 6.45) is 2.79. The molecule has 4 heterocycles. The number of anilines is 1. The summed E-state index contributed by atoms with van der Waals surface area (Å²) in [5.74, 6) is -0.442. The normalized spacial score (nSPS) is 23.8. The number of para-hydroxylation sites is 1. The van der Waals surface area contributed by atoms with Gasteiger partial charge in [0.25, 0.3) is 10.0 Å². The zero-order chi connectivity index (χ0) is 30.9. The van der Waals surface area contributed by atoms with Crippen LogP contribution >= 0.6 is 0 Å². The minimum Gasteiger partial charge on any atom is -0.392 e. The first-order valence-corrected chi connectivity index (χ1v) is 16.9. The van der Waals surface area contributed by atoms with Gasteiger partial charge in [0.2, 0.25) is 0 Å². The van der Waals surface area contributed by atoms with Gasteiger partial charge in [-0.3, -0.25) is 9.71 Å². The fraction of sp³-hybridized carbons (Fsp3) is 0.382. The van der Waals surface area contributed by atoms with Crippen molar-refractivity contribution >= 4 is 26.6 Å². The van der Waals surface area contributed by atoms with Gasteiger partial charge in [-0.2, -0.15) is 0 Å². The standard InChI is InChI=1S/C34H37N3O7S/c38-23-24-9-11-25(12-10-24)30-21-29(22-37-16-13-34(14-17-37)41-18-19-42-34)43-33(44-30)27-5-1-7-28(20-27)36-45(39,40)31-8-2-4-26-6-3-15-35-32(26)31/h1-12,15,20,29-30,33,36,38H,13-14,16-19,21-23H2.